The zero-order valence-corrected chi connectivity index (χ0v) is 14.9. The van der Waals surface area contributed by atoms with Crippen LogP contribution in [0.25, 0.3) is 0 Å². The van der Waals surface area contributed by atoms with Gasteiger partial charge in [0, 0.05) is 30.1 Å². The molecule has 0 bridgehead atoms. The molecule has 1 aromatic heterocycles. The smallest absolute Gasteiger partial charge is 0.222 e. The number of aromatic nitrogens is 1. The molecule has 5 nitrogen and oxygen atoms in total. The molecule has 1 atom stereocenters. The number of carbonyl (C=O) groups excluding carboxylic acids is 1. The number of thiazole rings is 1. The van der Waals surface area contributed by atoms with Gasteiger partial charge in [0.25, 0.3) is 0 Å². The van der Waals surface area contributed by atoms with Crippen LogP contribution in [-0.2, 0) is 15.1 Å². The molecule has 2 heterocycles. The van der Waals surface area contributed by atoms with E-state index < -0.39 is 5.54 Å². The maximum atomic E-state index is 12.1. The molecule has 2 rings (SSSR count). The van der Waals surface area contributed by atoms with Crippen LogP contribution in [0.4, 0.5) is 0 Å². The summed E-state index contributed by atoms with van der Waals surface area (Å²) in [5, 5.41) is 7.26. The van der Waals surface area contributed by atoms with Crippen molar-refractivity contribution >= 4 is 42.1 Å². The lowest BCUT2D eigenvalue weighted by atomic mass is 10.1. The number of morpholine rings is 1. The highest BCUT2D eigenvalue weighted by atomic mass is 35.5. The molecule has 2 N–H and O–H groups in total. The van der Waals surface area contributed by atoms with Gasteiger partial charge in [-0.3, -0.25) is 4.79 Å². The molecule has 1 aromatic rings. The summed E-state index contributed by atoms with van der Waals surface area (Å²) >= 11 is 1.62. The fraction of sp³-hybridized carbons (Fsp3) is 0.692. The highest BCUT2D eigenvalue weighted by molar-refractivity contribution is 7.11. The summed E-state index contributed by atoms with van der Waals surface area (Å²) in [6.45, 7) is 8.11. The van der Waals surface area contributed by atoms with E-state index in [-0.39, 0.29) is 36.8 Å². The summed E-state index contributed by atoms with van der Waals surface area (Å²) in [5.41, 5.74) is -0.425. The van der Waals surface area contributed by atoms with E-state index in [0.29, 0.717) is 13.0 Å². The van der Waals surface area contributed by atoms with E-state index in [0.717, 1.165) is 23.0 Å². The minimum absolute atomic E-state index is 0. The van der Waals surface area contributed by atoms with Gasteiger partial charge in [-0.15, -0.1) is 36.2 Å². The zero-order valence-electron chi connectivity index (χ0n) is 12.5. The van der Waals surface area contributed by atoms with E-state index in [1.54, 1.807) is 11.3 Å². The summed E-state index contributed by atoms with van der Waals surface area (Å²) in [5.74, 6) is 0.0286. The highest BCUT2D eigenvalue weighted by Gasteiger charge is 2.27. The van der Waals surface area contributed by atoms with Crippen molar-refractivity contribution in [1.82, 2.24) is 15.6 Å². The first kappa shape index (κ1) is 20.6. The van der Waals surface area contributed by atoms with Gasteiger partial charge in [0.1, 0.15) is 5.01 Å². The Morgan fingerprint density at radius 1 is 1.57 bits per heavy atom. The van der Waals surface area contributed by atoms with Crippen molar-refractivity contribution in [3.63, 3.8) is 0 Å². The van der Waals surface area contributed by atoms with Crippen LogP contribution in [0.5, 0.6) is 0 Å². The molecule has 1 fully saturated rings. The van der Waals surface area contributed by atoms with E-state index in [2.05, 4.69) is 15.6 Å². The summed E-state index contributed by atoms with van der Waals surface area (Å²) in [6, 6.07) is 0.114. The monoisotopic (exact) mass is 355 g/mol. The van der Waals surface area contributed by atoms with Crippen LogP contribution in [0.15, 0.2) is 6.20 Å². The summed E-state index contributed by atoms with van der Waals surface area (Å²) in [4.78, 5) is 17.6. The standard InChI is InChI=1S/C13H21N3O2S.2ClH/c1-9-7-15-12(19-9)13(2,3)16-11(17)6-10-8-18-5-4-14-10;;/h7,10,14H,4-6,8H2,1-3H3,(H,16,17);2*1H. The van der Waals surface area contributed by atoms with Crippen molar-refractivity contribution in [1.29, 1.82) is 0 Å². The number of carbonyl (C=O) groups is 1. The number of nitrogens with zero attached hydrogens (tertiary/aromatic N) is 1. The maximum Gasteiger partial charge on any atom is 0.222 e. The molecule has 0 spiro atoms. The first-order chi connectivity index (χ1) is 8.97. The lowest BCUT2D eigenvalue weighted by Crippen LogP contribution is -2.47. The summed E-state index contributed by atoms with van der Waals surface area (Å²) < 4.78 is 5.35. The van der Waals surface area contributed by atoms with Gasteiger partial charge in [0.2, 0.25) is 5.91 Å². The third kappa shape index (κ3) is 6.08. The van der Waals surface area contributed by atoms with Gasteiger partial charge in [-0.05, 0) is 20.8 Å². The van der Waals surface area contributed by atoms with E-state index in [1.807, 2.05) is 27.0 Å². The van der Waals surface area contributed by atoms with Crippen LogP contribution in [0.2, 0.25) is 0 Å². The lowest BCUT2D eigenvalue weighted by molar-refractivity contribution is -0.124. The second-order valence-electron chi connectivity index (χ2n) is 5.38. The highest BCUT2D eigenvalue weighted by Crippen LogP contribution is 2.24. The van der Waals surface area contributed by atoms with Gasteiger partial charge in [0.05, 0.1) is 18.8 Å². The molecule has 21 heavy (non-hydrogen) atoms. The van der Waals surface area contributed by atoms with Crippen molar-refractivity contribution in [2.75, 3.05) is 19.8 Å². The van der Waals surface area contributed by atoms with Gasteiger partial charge >= 0.3 is 0 Å². The fourth-order valence-corrected chi connectivity index (χ4v) is 2.89. The van der Waals surface area contributed by atoms with Gasteiger partial charge in [-0.1, -0.05) is 0 Å². The van der Waals surface area contributed by atoms with Crippen LogP contribution < -0.4 is 10.6 Å². The zero-order chi connectivity index (χ0) is 13.9. The van der Waals surface area contributed by atoms with Crippen LogP contribution >= 0.6 is 36.2 Å². The van der Waals surface area contributed by atoms with E-state index in [9.17, 15) is 4.79 Å². The molecule has 0 aromatic carbocycles. The summed E-state index contributed by atoms with van der Waals surface area (Å²) in [6.07, 6.45) is 2.28. The molecule has 8 heteroatoms. The Labute approximate surface area is 142 Å². The molecule has 0 aliphatic carbocycles. The Morgan fingerprint density at radius 3 is 2.81 bits per heavy atom. The third-order valence-electron chi connectivity index (χ3n) is 3.04. The van der Waals surface area contributed by atoms with Crippen LogP contribution in [-0.4, -0.2) is 36.7 Å². The Morgan fingerprint density at radius 2 is 2.29 bits per heavy atom. The number of hydrogen-bond donors (Lipinski definition) is 2. The molecular weight excluding hydrogens is 333 g/mol. The topological polar surface area (TPSA) is 63.2 Å². The number of nitrogens with one attached hydrogen (secondary N) is 2. The number of aryl methyl sites for hydroxylation is 1. The molecule has 1 aliphatic heterocycles. The maximum absolute atomic E-state index is 12.1. The molecule has 1 amide bonds. The first-order valence-corrected chi connectivity index (χ1v) is 7.34. The van der Waals surface area contributed by atoms with E-state index in [1.165, 1.54) is 0 Å². The molecule has 0 radical (unpaired) electrons. The normalized spacial score (nSPS) is 18.3. The molecule has 0 saturated carbocycles. The average molecular weight is 356 g/mol. The largest absolute Gasteiger partial charge is 0.378 e. The Bertz CT molecular complexity index is 448. The second-order valence-corrected chi connectivity index (χ2v) is 6.61. The number of halogens is 2. The lowest BCUT2D eigenvalue weighted by Gasteiger charge is -2.27. The molecule has 1 aliphatic rings. The predicted molar refractivity (Wildman–Crippen MR) is 89.7 cm³/mol. The van der Waals surface area contributed by atoms with Crippen molar-refractivity contribution in [2.45, 2.75) is 38.8 Å². The minimum Gasteiger partial charge on any atom is -0.378 e. The quantitative estimate of drug-likeness (QED) is 0.867. The van der Waals surface area contributed by atoms with E-state index >= 15 is 0 Å². The third-order valence-corrected chi connectivity index (χ3v) is 4.27. The van der Waals surface area contributed by atoms with Crippen LogP contribution in [0.3, 0.4) is 0 Å². The SMILES string of the molecule is Cc1cnc(C(C)(C)NC(=O)CC2COCCN2)s1.Cl.Cl. The van der Waals surface area contributed by atoms with Gasteiger partial charge in [-0.25, -0.2) is 4.98 Å². The van der Waals surface area contributed by atoms with Crippen LogP contribution in [0, 0.1) is 6.92 Å². The molecule has 1 unspecified atom stereocenters. The van der Waals surface area contributed by atoms with Gasteiger partial charge < -0.3 is 15.4 Å². The van der Waals surface area contributed by atoms with Crippen LogP contribution in [0.1, 0.15) is 30.2 Å². The van der Waals surface area contributed by atoms with E-state index in [4.69, 9.17) is 4.74 Å². The average Bonchev–Trinajstić information content (AvgIpc) is 2.77. The number of rotatable bonds is 4. The molecule has 1 saturated heterocycles. The Hall–Kier alpha value is -0.400. The fourth-order valence-electron chi connectivity index (χ4n) is 2.07. The minimum atomic E-state index is -0.425. The Balaban J connectivity index is 0.00000200. The van der Waals surface area contributed by atoms with Crippen molar-refractivity contribution in [2.24, 2.45) is 0 Å². The number of hydrogen-bond acceptors (Lipinski definition) is 5. The van der Waals surface area contributed by atoms with Crippen molar-refractivity contribution < 1.29 is 9.53 Å². The second kappa shape index (κ2) is 8.90. The summed E-state index contributed by atoms with van der Waals surface area (Å²) in [7, 11) is 0. The van der Waals surface area contributed by atoms with Crippen molar-refractivity contribution in [3.8, 4) is 0 Å². The Kier molecular flexibility index (Phi) is 8.73. The molecule has 122 valence electrons. The van der Waals surface area contributed by atoms with Gasteiger partial charge in [0.15, 0.2) is 0 Å². The first-order valence-electron chi connectivity index (χ1n) is 6.52. The predicted octanol–water partition coefficient (Wildman–Crippen LogP) is 2.02. The number of amides is 1. The van der Waals surface area contributed by atoms with Crippen molar-refractivity contribution in [3.05, 3.63) is 16.1 Å². The number of ether oxygens (including phenoxy) is 1. The molecular formula is C13H23Cl2N3O2S. The van der Waals surface area contributed by atoms with Gasteiger partial charge in [-0.2, -0.15) is 0 Å².